The van der Waals surface area contributed by atoms with E-state index >= 15 is 0 Å². The van der Waals surface area contributed by atoms with E-state index in [4.69, 9.17) is 4.74 Å². The van der Waals surface area contributed by atoms with E-state index < -0.39 is 0 Å². The SMILES string of the molecule is CC[C@@H](OC1CCCC1)C(=O)N1CC[C@H]2CC[C@@H](C1)N2C. The van der Waals surface area contributed by atoms with Gasteiger partial charge in [0, 0.05) is 25.2 Å². The summed E-state index contributed by atoms with van der Waals surface area (Å²) in [5.41, 5.74) is 0. The standard InChI is InChI=1S/C17H30N2O2/c1-3-16(21-15-6-4-5-7-15)17(20)19-11-10-13-8-9-14(12-19)18(13)2/h13-16H,3-12H2,1-2H3/t13-,14+,16-/m1/s1. The first-order valence-corrected chi connectivity index (χ1v) is 8.85. The number of carbonyl (C=O) groups is 1. The van der Waals surface area contributed by atoms with Crippen LogP contribution < -0.4 is 0 Å². The molecule has 0 aromatic carbocycles. The number of fused-ring (bicyclic) bond motifs is 2. The smallest absolute Gasteiger partial charge is 0.251 e. The minimum atomic E-state index is -0.213. The van der Waals surface area contributed by atoms with E-state index in [1.54, 1.807) is 0 Å². The highest BCUT2D eigenvalue weighted by Crippen LogP contribution is 2.29. The van der Waals surface area contributed by atoms with Crippen LogP contribution in [0.1, 0.15) is 58.3 Å². The lowest BCUT2D eigenvalue weighted by Crippen LogP contribution is -2.45. The third-order valence-corrected chi connectivity index (χ3v) is 5.77. The second-order valence-corrected chi connectivity index (χ2v) is 7.06. The maximum Gasteiger partial charge on any atom is 0.251 e. The molecule has 4 heteroatoms. The molecule has 0 aromatic heterocycles. The van der Waals surface area contributed by atoms with Gasteiger partial charge in [-0.2, -0.15) is 0 Å². The first-order valence-electron chi connectivity index (χ1n) is 8.85. The van der Waals surface area contributed by atoms with Gasteiger partial charge in [-0.15, -0.1) is 0 Å². The molecule has 0 aromatic rings. The second-order valence-electron chi connectivity index (χ2n) is 7.06. The van der Waals surface area contributed by atoms with Crippen LogP contribution in [0.4, 0.5) is 0 Å². The second kappa shape index (κ2) is 6.66. The molecule has 0 radical (unpaired) electrons. The number of likely N-dealkylation sites (tertiary alicyclic amines) is 1. The summed E-state index contributed by atoms with van der Waals surface area (Å²) in [6.07, 6.45) is 9.37. The lowest BCUT2D eigenvalue weighted by Gasteiger charge is -2.30. The predicted octanol–water partition coefficient (Wildman–Crippen LogP) is 2.42. The van der Waals surface area contributed by atoms with Crippen molar-refractivity contribution in [3.05, 3.63) is 0 Å². The number of rotatable bonds is 4. The van der Waals surface area contributed by atoms with Crippen LogP contribution in [0.5, 0.6) is 0 Å². The maximum atomic E-state index is 12.8. The van der Waals surface area contributed by atoms with Gasteiger partial charge in [0.15, 0.2) is 0 Å². The summed E-state index contributed by atoms with van der Waals surface area (Å²) in [5.74, 6) is 0.241. The van der Waals surface area contributed by atoms with E-state index in [-0.39, 0.29) is 12.0 Å². The average molecular weight is 294 g/mol. The van der Waals surface area contributed by atoms with E-state index in [0.717, 1.165) is 38.8 Å². The van der Waals surface area contributed by atoms with Gasteiger partial charge in [0.05, 0.1) is 6.10 Å². The fourth-order valence-corrected chi connectivity index (χ4v) is 4.30. The number of amides is 1. The Labute approximate surface area is 128 Å². The lowest BCUT2D eigenvalue weighted by molar-refractivity contribution is -0.148. The van der Waals surface area contributed by atoms with Crippen LogP contribution in [-0.4, -0.2) is 60.1 Å². The molecular weight excluding hydrogens is 264 g/mol. The zero-order chi connectivity index (χ0) is 14.8. The van der Waals surface area contributed by atoms with Gasteiger partial charge < -0.3 is 9.64 Å². The molecule has 3 rings (SSSR count). The van der Waals surface area contributed by atoms with Crippen LogP contribution in [-0.2, 0) is 9.53 Å². The van der Waals surface area contributed by atoms with E-state index in [0.29, 0.717) is 18.2 Å². The van der Waals surface area contributed by atoms with Crippen molar-refractivity contribution in [3.8, 4) is 0 Å². The van der Waals surface area contributed by atoms with Crippen molar-refractivity contribution in [2.45, 2.75) is 82.6 Å². The Hall–Kier alpha value is -0.610. The molecule has 0 N–H and O–H groups in total. The summed E-state index contributed by atoms with van der Waals surface area (Å²) in [7, 11) is 2.22. The number of carbonyl (C=O) groups excluding carboxylic acids is 1. The van der Waals surface area contributed by atoms with E-state index in [9.17, 15) is 4.79 Å². The third-order valence-electron chi connectivity index (χ3n) is 5.77. The minimum Gasteiger partial charge on any atom is -0.365 e. The van der Waals surface area contributed by atoms with Crippen molar-refractivity contribution in [2.24, 2.45) is 0 Å². The van der Waals surface area contributed by atoms with Crippen LogP contribution in [0.15, 0.2) is 0 Å². The van der Waals surface area contributed by atoms with Gasteiger partial charge in [-0.05, 0) is 45.6 Å². The predicted molar refractivity (Wildman–Crippen MR) is 83.2 cm³/mol. The van der Waals surface area contributed by atoms with Gasteiger partial charge in [0.2, 0.25) is 0 Å². The minimum absolute atomic E-state index is 0.213. The molecule has 3 aliphatic rings. The molecule has 2 heterocycles. The molecule has 0 unspecified atom stereocenters. The summed E-state index contributed by atoms with van der Waals surface area (Å²) < 4.78 is 6.12. The number of ether oxygens (including phenoxy) is 1. The fraction of sp³-hybridized carbons (Fsp3) is 0.941. The van der Waals surface area contributed by atoms with Crippen molar-refractivity contribution in [1.82, 2.24) is 9.80 Å². The fourth-order valence-electron chi connectivity index (χ4n) is 4.30. The number of likely N-dealkylation sites (N-methyl/N-ethyl adjacent to an activating group) is 1. The van der Waals surface area contributed by atoms with Gasteiger partial charge >= 0.3 is 0 Å². The van der Waals surface area contributed by atoms with Crippen molar-refractivity contribution in [3.63, 3.8) is 0 Å². The van der Waals surface area contributed by atoms with Gasteiger partial charge in [0.1, 0.15) is 6.10 Å². The molecule has 2 saturated heterocycles. The molecule has 4 nitrogen and oxygen atoms in total. The summed E-state index contributed by atoms with van der Waals surface area (Å²) in [5, 5.41) is 0. The van der Waals surface area contributed by atoms with Crippen LogP contribution in [0, 0.1) is 0 Å². The van der Waals surface area contributed by atoms with E-state index in [2.05, 4.69) is 23.8 Å². The first-order chi connectivity index (χ1) is 10.2. The van der Waals surface area contributed by atoms with Crippen molar-refractivity contribution in [2.75, 3.05) is 20.1 Å². The molecule has 1 aliphatic carbocycles. The average Bonchev–Trinajstić information content (AvgIpc) is 3.05. The number of nitrogens with zero attached hydrogens (tertiary/aromatic N) is 2. The van der Waals surface area contributed by atoms with Crippen molar-refractivity contribution < 1.29 is 9.53 Å². The Balaban J connectivity index is 1.60. The zero-order valence-corrected chi connectivity index (χ0v) is 13.6. The zero-order valence-electron chi connectivity index (χ0n) is 13.6. The summed E-state index contributed by atoms with van der Waals surface area (Å²) in [6.45, 7) is 3.89. The molecule has 3 fully saturated rings. The Morgan fingerprint density at radius 3 is 2.57 bits per heavy atom. The molecular formula is C17H30N2O2. The molecule has 120 valence electrons. The normalized spacial score (nSPS) is 32.4. The highest BCUT2D eigenvalue weighted by molar-refractivity contribution is 5.81. The molecule has 1 saturated carbocycles. The summed E-state index contributed by atoms with van der Waals surface area (Å²) >= 11 is 0. The van der Waals surface area contributed by atoms with Crippen LogP contribution in [0.3, 0.4) is 0 Å². The number of hydrogen-bond acceptors (Lipinski definition) is 3. The van der Waals surface area contributed by atoms with E-state index in [1.165, 1.54) is 25.7 Å². The highest BCUT2D eigenvalue weighted by atomic mass is 16.5. The molecule has 0 spiro atoms. The third kappa shape index (κ3) is 3.26. The Morgan fingerprint density at radius 1 is 1.14 bits per heavy atom. The van der Waals surface area contributed by atoms with Crippen molar-refractivity contribution >= 4 is 5.91 Å². The van der Waals surface area contributed by atoms with Gasteiger partial charge in [-0.1, -0.05) is 19.8 Å². The molecule has 3 atom stereocenters. The highest BCUT2D eigenvalue weighted by Gasteiger charge is 2.37. The summed E-state index contributed by atoms with van der Waals surface area (Å²) in [4.78, 5) is 17.4. The Bertz CT molecular complexity index is 368. The van der Waals surface area contributed by atoms with Gasteiger partial charge in [-0.3, -0.25) is 9.69 Å². The first kappa shape index (κ1) is 15.3. The van der Waals surface area contributed by atoms with Crippen LogP contribution >= 0.6 is 0 Å². The summed E-state index contributed by atoms with van der Waals surface area (Å²) in [6, 6.07) is 1.24. The quantitative estimate of drug-likeness (QED) is 0.798. The van der Waals surface area contributed by atoms with Crippen molar-refractivity contribution in [1.29, 1.82) is 0 Å². The topological polar surface area (TPSA) is 32.8 Å². The molecule has 21 heavy (non-hydrogen) atoms. The Kier molecular flexibility index (Phi) is 4.85. The van der Waals surface area contributed by atoms with Crippen LogP contribution in [0.25, 0.3) is 0 Å². The maximum absolute atomic E-state index is 12.8. The largest absolute Gasteiger partial charge is 0.365 e. The van der Waals surface area contributed by atoms with E-state index in [1.807, 2.05) is 0 Å². The molecule has 2 bridgehead atoms. The van der Waals surface area contributed by atoms with Crippen LogP contribution in [0.2, 0.25) is 0 Å². The monoisotopic (exact) mass is 294 g/mol. The van der Waals surface area contributed by atoms with Gasteiger partial charge in [-0.25, -0.2) is 0 Å². The molecule has 2 aliphatic heterocycles. The lowest BCUT2D eigenvalue weighted by atomic mass is 10.1. The Morgan fingerprint density at radius 2 is 1.86 bits per heavy atom. The molecule has 1 amide bonds. The van der Waals surface area contributed by atoms with Gasteiger partial charge in [0.25, 0.3) is 5.91 Å². The number of hydrogen-bond donors (Lipinski definition) is 0.